The van der Waals surface area contributed by atoms with E-state index < -0.39 is 0 Å². The highest BCUT2D eigenvalue weighted by Gasteiger charge is 2.21. The molecule has 3 N–H and O–H groups in total. The molecule has 0 saturated heterocycles. The number of nitrogens with zero attached hydrogens (tertiary/aromatic N) is 3. The van der Waals surface area contributed by atoms with E-state index in [-0.39, 0.29) is 11.8 Å². The van der Waals surface area contributed by atoms with Gasteiger partial charge in [-0.05, 0) is 30.0 Å². The second kappa shape index (κ2) is 6.39. The fraction of sp³-hybridized carbons (Fsp3) is 0.400. The summed E-state index contributed by atoms with van der Waals surface area (Å²) in [5.74, 6) is 0.0471. The summed E-state index contributed by atoms with van der Waals surface area (Å²) in [6, 6.07) is 3.89. The van der Waals surface area contributed by atoms with Gasteiger partial charge >= 0.3 is 0 Å². The Labute approximate surface area is 124 Å². The minimum Gasteiger partial charge on any atom is -0.395 e. The zero-order chi connectivity index (χ0) is 15.4. The third kappa shape index (κ3) is 3.39. The lowest BCUT2D eigenvalue weighted by atomic mass is 10.1. The van der Waals surface area contributed by atoms with Crippen molar-refractivity contribution in [2.45, 2.75) is 26.2 Å². The van der Waals surface area contributed by atoms with Crippen molar-refractivity contribution in [1.82, 2.24) is 20.1 Å². The Morgan fingerprint density at radius 3 is 2.62 bits per heavy atom. The highest BCUT2D eigenvalue weighted by Crippen LogP contribution is 2.22. The van der Waals surface area contributed by atoms with Gasteiger partial charge in [-0.1, -0.05) is 13.8 Å². The molecule has 2 aromatic heterocycles. The molecule has 0 atom stereocenters. The van der Waals surface area contributed by atoms with Gasteiger partial charge in [-0.25, -0.2) is 0 Å². The van der Waals surface area contributed by atoms with Gasteiger partial charge in [0.25, 0.3) is 5.91 Å². The van der Waals surface area contributed by atoms with Crippen LogP contribution in [0.3, 0.4) is 0 Å². The van der Waals surface area contributed by atoms with Crippen molar-refractivity contribution < 1.29 is 4.79 Å². The summed E-state index contributed by atoms with van der Waals surface area (Å²) in [4.78, 5) is 18.0. The van der Waals surface area contributed by atoms with Gasteiger partial charge in [0.1, 0.15) is 0 Å². The Bertz CT molecular complexity index is 606. The van der Waals surface area contributed by atoms with Crippen molar-refractivity contribution in [1.29, 1.82) is 0 Å². The zero-order valence-electron chi connectivity index (χ0n) is 12.6. The molecule has 0 bridgehead atoms. The molecule has 2 heterocycles. The highest BCUT2D eigenvalue weighted by atomic mass is 16.2. The van der Waals surface area contributed by atoms with Crippen molar-refractivity contribution in [3.8, 4) is 0 Å². The molecule has 6 nitrogen and oxygen atoms in total. The van der Waals surface area contributed by atoms with Gasteiger partial charge in [-0.2, -0.15) is 5.10 Å². The first-order chi connectivity index (χ1) is 10.0. The lowest BCUT2D eigenvalue weighted by Gasteiger charge is -2.16. The van der Waals surface area contributed by atoms with Crippen LogP contribution in [0, 0.1) is 0 Å². The van der Waals surface area contributed by atoms with Crippen LogP contribution in [0.1, 0.15) is 41.5 Å². The molecule has 0 aliphatic rings. The average Bonchev–Trinajstić information content (AvgIpc) is 2.87. The molecule has 0 aromatic carbocycles. The number of nitrogens with one attached hydrogen (secondary N) is 1. The summed E-state index contributed by atoms with van der Waals surface area (Å²) >= 11 is 0. The molecule has 0 saturated carbocycles. The number of nitrogen functional groups attached to an aromatic ring is 1. The van der Waals surface area contributed by atoms with E-state index in [2.05, 4.69) is 15.2 Å². The number of likely N-dealkylation sites (N-methyl/N-ethyl adjacent to an activating group) is 1. The molecule has 0 aliphatic heterocycles. The standard InChI is InChI=1S/C15H21N5O/c1-10(2)13-12(16)14(19-18-13)15(21)20(3)9-6-11-4-7-17-8-5-11/h4-5,7-8,10H,6,9,16H2,1-3H3,(H,18,19). The molecule has 112 valence electrons. The first kappa shape index (κ1) is 15.0. The molecule has 2 aromatic rings. The van der Waals surface area contributed by atoms with Crippen LogP contribution in [0.25, 0.3) is 0 Å². The summed E-state index contributed by atoms with van der Waals surface area (Å²) in [6.45, 7) is 4.61. The molecule has 2 rings (SSSR count). The van der Waals surface area contributed by atoms with E-state index in [1.165, 1.54) is 0 Å². The predicted octanol–water partition coefficient (Wildman–Crippen LogP) is 1.82. The van der Waals surface area contributed by atoms with Gasteiger partial charge in [0, 0.05) is 26.0 Å². The van der Waals surface area contributed by atoms with Gasteiger partial charge in [0.05, 0.1) is 11.4 Å². The number of anilines is 1. The number of carbonyl (C=O) groups is 1. The lowest BCUT2D eigenvalue weighted by molar-refractivity contribution is 0.0792. The van der Waals surface area contributed by atoms with Gasteiger partial charge in [0.2, 0.25) is 0 Å². The fourth-order valence-corrected chi connectivity index (χ4v) is 2.10. The third-order valence-electron chi connectivity index (χ3n) is 3.45. The van der Waals surface area contributed by atoms with Crippen molar-refractivity contribution in [2.75, 3.05) is 19.3 Å². The first-order valence-electron chi connectivity index (χ1n) is 6.98. The molecule has 21 heavy (non-hydrogen) atoms. The van der Waals surface area contributed by atoms with Crippen LogP contribution in [0.4, 0.5) is 5.69 Å². The number of amides is 1. The van der Waals surface area contributed by atoms with Crippen molar-refractivity contribution in [2.24, 2.45) is 0 Å². The highest BCUT2D eigenvalue weighted by molar-refractivity contribution is 5.97. The van der Waals surface area contributed by atoms with Crippen molar-refractivity contribution in [3.63, 3.8) is 0 Å². The molecule has 6 heteroatoms. The van der Waals surface area contributed by atoms with E-state index in [1.54, 1.807) is 24.3 Å². The molecule has 0 spiro atoms. The van der Waals surface area contributed by atoms with Gasteiger partial charge in [-0.3, -0.25) is 14.9 Å². The molecular formula is C15H21N5O. The van der Waals surface area contributed by atoms with E-state index in [1.807, 2.05) is 26.0 Å². The van der Waals surface area contributed by atoms with Crippen LogP contribution in [-0.4, -0.2) is 39.6 Å². The van der Waals surface area contributed by atoms with Crippen LogP contribution in [0.15, 0.2) is 24.5 Å². The van der Waals surface area contributed by atoms with E-state index in [4.69, 9.17) is 5.73 Å². The zero-order valence-corrected chi connectivity index (χ0v) is 12.6. The number of carbonyl (C=O) groups excluding carboxylic acids is 1. The van der Waals surface area contributed by atoms with E-state index in [0.29, 0.717) is 17.9 Å². The normalized spacial score (nSPS) is 10.9. The molecule has 1 amide bonds. The Kier molecular flexibility index (Phi) is 4.57. The number of aromatic nitrogens is 3. The van der Waals surface area contributed by atoms with E-state index in [0.717, 1.165) is 17.7 Å². The number of hydrogen-bond acceptors (Lipinski definition) is 4. The third-order valence-corrected chi connectivity index (χ3v) is 3.45. The second-order valence-corrected chi connectivity index (χ2v) is 5.39. The maximum absolute atomic E-state index is 12.4. The minimum atomic E-state index is -0.162. The second-order valence-electron chi connectivity index (χ2n) is 5.39. The number of hydrogen-bond donors (Lipinski definition) is 2. The first-order valence-corrected chi connectivity index (χ1v) is 6.98. The molecule has 0 aliphatic carbocycles. The van der Waals surface area contributed by atoms with Gasteiger partial charge in [-0.15, -0.1) is 0 Å². The monoisotopic (exact) mass is 287 g/mol. The number of aromatic amines is 1. The largest absolute Gasteiger partial charge is 0.395 e. The summed E-state index contributed by atoms with van der Waals surface area (Å²) in [7, 11) is 1.76. The molecule has 0 unspecified atom stereocenters. The van der Waals surface area contributed by atoms with E-state index >= 15 is 0 Å². The van der Waals surface area contributed by atoms with Crippen LogP contribution in [0.2, 0.25) is 0 Å². The van der Waals surface area contributed by atoms with Gasteiger partial charge < -0.3 is 10.6 Å². The SMILES string of the molecule is CC(C)c1[nH]nc(C(=O)N(C)CCc2ccncc2)c1N. The quantitative estimate of drug-likeness (QED) is 0.878. The lowest BCUT2D eigenvalue weighted by Crippen LogP contribution is -2.29. The molecular weight excluding hydrogens is 266 g/mol. The molecule has 0 radical (unpaired) electrons. The number of nitrogens with two attached hydrogens (primary N) is 1. The van der Waals surface area contributed by atoms with Crippen molar-refractivity contribution >= 4 is 11.6 Å². The number of pyridine rings is 1. The molecule has 0 fully saturated rings. The minimum absolute atomic E-state index is 0.162. The average molecular weight is 287 g/mol. The van der Waals surface area contributed by atoms with E-state index in [9.17, 15) is 4.79 Å². The number of rotatable bonds is 5. The van der Waals surface area contributed by atoms with Crippen LogP contribution in [-0.2, 0) is 6.42 Å². The van der Waals surface area contributed by atoms with Crippen molar-refractivity contribution in [3.05, 3.63) is 41.5 Å². The summed E-state index contributed by atoms with van der Waals surface area (Å²) in [5.41, 5.74) is 8.70. The predicted molar refractivity (Wildman–Crippen MR) is 82.0 cm³/mol. The fourth-order valence-electron chi connectivity index (χ4n) is 2.10. The summed E-state index contributed by atoms with van der Waals surface area (Å²) in [5, 5.41) is 6.91. The van der Waals surface area contributed by atoms with Gasteiger partial charge in [0.15, 0.2) is 5.69 Å². The van der Waals surface area contributed by atoms with Crippen LogP contribution >= 0.6 is 0 Å². The number of H-pyrrole nitrogens is 1. The Morgan fingerprint density at radius 1 is 1.38 bits per heavy atom. The maximum Gasteiger partial charge on any atom is 0.276 e. The van der Waals surface area contributed by atoms with Crippen LogP contribution < -0.4 is 5.73 Å². The smallest absolute Gasteiger partial charge is 0.276 e. The Balaban J connectivity index is 2.02. The summed E-state index contributed by atoms with van der Waals surface area (Å²) < 4.78 is 0. The summed E-state index contributed by atoms with van der Waals surface area (Å²) in [6.07, 6.45) is 4.27. The Morgan fingerprint density at radius 2 is 2.05 bits per heavy atom. The Hall–Kier alpha value is -2.37. The maximum atomic E-state index is 12.4. The van der Waals surface area contributed by atoms with Crippen LogP contribution in [0.5, 0.6) is 0 Å². The topological polar surface area (TPSA) is 87.9 Å².